The summed E-state index contributed by atoms with van der Waals surface area (Å²) in [7, 11) is 5.67. The van der Waals surface area contributed by atoms with Gasteiger partial charge in [-0.15, -0.1) is 0 Å². The van der Waals surface area contributed by atoms with Gasteiger partial charge in [-0.3, -0.25) is 9.59 Å². The number of rotatable bonds is 8. The summed E-state index contributed by atoms with van der Waals surface area (Å²) in [5.41, 5.74) is 6.50. The molecular weight excluding hydrogens is 270 g/mol. The molecule has 1 heterocycles. The fraction of sp³-hybridized carbons (Fsp3) is 0.571. The highest BCUT2D eigenvalue weighted by Crippen LogP contribution is 2.13. The van der Waals surface area contributed by atoms with Gasteiger partial charge in [0.05, 0.1) is 5.69 Å². The van der Waals surface area contributed by atoms with Gasteiger partial charge in [-0.05, 0) is 33.1 Å². The van der Waals surface area contributed by atoms with E-state index in [2.05, 4.69) is 10.6 Å². The maximum absolute atomic E-state index is 12.0. The zero-order valence-corrected chi connectivity index (χ0v) is 13.0. The molecule has 0 saturated carbocycles. The Morgan fingerprint density at radius 1 is 1.38 bits per heavy atom. The molecule has 21 heavy (non-hydrogen) atoms. The first-order valence-corrected chi connectivity index (χ1v) is 7.03. The lowest BCUT2D eigenvalue weighted by Crippen LogP contribution is -2.32. The normalized spacial score (nSPS) is 10.7. The Morgan fingerprint density at radius 3 is 2.71 bits per heavy atom. The summed E-state index contributed by atoms with van der Waals surface area (Å²) >= 11 is 0. The molecule has 0 aliphatic rings. The molecule has 0 spiro atoms. The van der Waals surface area contributed by atoms with Crippen molar-refractivity contribution in [2.45, 2.75) is 12.8 Å². The zero-order valence-electron chi connectivity index (χ0n) is 13.0. The Kier molecular flexibility index (Phi) is 6.90. The Bertz CT molecular complexity index is 482. The Balaban J connectivity index is 2.56. The van der Waals surface area contributed by atoms with E-state index in [9.17, 15) is 9.59 Å². The average Bonchev–Trinajstić information content (AvgIpc) is 2.76. The third-order valence-electron chi connectivity index (χ3n) is 2.97. The number of nitrogens with two attached hydrogens (primary N) is 1. The molecule has 0 aliphatic heterocycles. The van der Waals surface area contributed by atoms with Gasteiger partial charge in [0.1, 0.15) is 5.69 Å². The molecule has 118 valence electrons. The summed E-state index contributed by atoms with van der Waals surface area (Å²) in [5.74, 6) is -0.243. The number of carbonyl (C=O) groups is 2. The van der Waals surface area contributed by atoms with E-state index in [-0.39, 0.29) is 11.8 Å². The second kappa shape index (κ2) is 8.43. The zero-order chi connectivity index (χ0) is 15.8. The fourth-order valence-electron chi connectivity index (χ4n) is 1.83. The predicted molar refractivity (Wildman–Crippen MR) is 83.2 cm³/mol. The molecule has 7 nitrogen and oxygen atoms in total. The molecule has 0 bridgehead atoms. The maximum atomic E-state index is 12.0. The highest BCUT2D eigenvalue weighted by atomic mass is 16.2. The Hall–Kier alpha value is -1.86. The average molecular weight is 295 g/mol. The van der Waals surface area contributed by atoms with E-state index in [1.54, 1.807) is 23.9 Å². The van der Waals surface area contributed by atoms with E-state index in [4.69, 9.17) is 5.73 Å². The van der Waals surface area contributed by atoms with Crippen LogP contribution in [0.5, 0.6) is 0 Å². The molecule has 4 N–H and O–H groups in total. The van der Waals surface area contributed by atoms with Gasteiger partial charge >= 0.3 is 0 Å². The molecule has 1 aromatic rings. The molecule has 0 fully saturated rings. The summed E-state index contributed by atoms with van der Waals surface area (Å²) in [6.07, 6.45) is 2.76. The SMILES string of the molecule is CN(C)CCNC(=O)c1cc(NC(=O)CCCN)cn1C. The lowest BCUT2D eigenvalue weighted by Gasteiger charge is -2.10. The van der Waals surface area contributed by atoms with Crippen LogP contribution in [-0.2, 0) is 11.8 Å². The number of carbonyl (C=O) groups excluding carboxylic acids is 2. The highest BCUT2D eigenvalue weighted by molar-refractivity contribution is 5.96. The number of likely N-dealkylation sites (N-methyl/N-ethyl adjacent to an activating group) is 1. The van der Waals surface area contributed by atoms with Gasteiger partial charge < -0.3 is 25.8 Å². The summed E-state index contributed by atoms with van der Waals surface area (Å²) in [4.78, 5) is 25.7. The number of amides is 2. The summed E-state index contributed by atoms with van der Waals surface area (Å²) in [5, 5.41) is 5.60. The van der Waals surface area contributed by atoms with Gasteiger partial charge in [-0.2, -0.15) is 0 Å². The second-order valence-electron chi connectivity index (χ2n) is 5.22. The first-order valence-electron chi connectivity index (χ1n) is 7.03. The first-order chi connectivity index (χ1) is 9.93. The summed E-state index contributed by atoms with van der Waals surface area (Å²) in [6, 6.07) is 1.67. The van der Waals surface area contributed by atoms with Crippen LogP contribution < -0.4 is 16.4 Å². The monoisotopic (exact) mass is 295 g/mol. The molecule has 1 aromatic heterocycles. The minimum Gasteiger partial charge on any atom is -0.349 e. The van der Waals surface area contributed by atoms with Crippen molar-refractivity contribution in [2.24, 2.45) is 12.8 Å². The molecule has 0 atom stereocenters. The molecule has 2 amide bonds. The topological polar surface area (TPSA) is 92.4 Å². The number of hydrogen-bond acceptors (Lipinski definition) is 4. The predicted octanol–water partition coefficient (Wildman–Crippen LogP) is -0.00610. The molecule has 0 unspecified atom stereocenters. The van der Waals surface area contributed by atoms with Gasteiger partial charge in [-0.1, -0.05) is 0 Å². The highest BCUT2D eigenvalue weighted by Gasteiger charge is 2.12. The van der Waals surface area contributed by atoms with Crippen LogP contribution >= 0.6 is 0 Å². The van der Waals surface area contributed by atoms with Crippen LogP contribution in [0.4, 0.5) is 5.69 Å². The second-order valence-corrected chi connectivity index (χ2v) is 5.22. The van der Waals surface area contributed by atoms with Crippen molar-refractivity contribution in [1.82, 2.24) is 14.8 Å². The van der Waals surface area contributed by atoms with Crippen LogP contribution in [0.2, 0.25) is 0 Å². The number of nitrogens with zero attached hydrogens (tertiary/aromatic N) is 2. The lowest BCUT2D eigenvalue weighted by molar-refractivity contribution is -0.116. The lowest BCUT2D eigenvalue weighted by atomic mass is 10.3. The number of anilines is 1. The van der Waals surface area contributed by atoms with Crippen LogP contribution in [0, 0.1) is 0 Å². The van der Waals surface area contributed by atoms with E-state index in [0.29, 0.717) is 37.3 Å². The van der Waals surface area contributed by atoms with Crippen LogP contribution in [-0.4, -0.2) is 55.0 Å². The molecule has 0 saturated heterocycles. The maximum Gasteiger partial charge on any atom is 0.268 e. The van der Waals surface area contributed by atoms with Crippen LogP contribution in [0.1, 0.15) is 23.3 Å². The minimum absolute atomic E-state index is 0.0920. The Morgan fingerprint density at radius 2 is 2.10 bits per heavy atom. The van der Waals surface area contributed by atoms with E-state index in [1.165, 1.54) is 0 Å². The van der Waals surface area contributed by atoms with Gasteiger partial charge in [0.2, 0.25) is 5.91 Å². The molecule has 7 heteroatoms. The number of hydrogen-bond donors (Lipinski definition) is 3. The number of aromatic nitrogens is 1. The Labute approximate surface area is 125 Å². The van der Waals surface area contributed by atoms with Gasteiger partial charge in [0.15, 0.2) is 0 Å². The van der Waals surface area contributed by atoms with Crippen molar-refractivity contribution in [1.29, 1.82) is 0 Å². The van der Waals surface area contributed by atoms with Crippen LogP contribution in [0.15, 0.2) is 12.3 Å². The molecule has 1 rings (SSSR count). The van der Waals surface area contributed by atoms with Crippen molar-refractivity contribution in [2.75, 3.05) is 39.0 Å². The van der Waals surface area contributed by atoms with Crippen LogP contribution in [0.3, 0.4) is 0 Å². The van der Waals surface area contributed by atoms with Crippen LogP contribution in [0.25, 0.3) is 0 Å². The van der Waals surface area contributed by atoms with Crippen molar-refractivity contribution in [3.63, 3.8) is 0 Å². The van der Waals surface area contributed by atoms with Crippen molar-refractivity contribution in [3.8, 4) is 0 Å². The molecule has 0 radical (unpaired) electrons. The molecule has 0 aliphatic carbocycles. The molecular formula is C14H25N5O2. The van der Waals surface area contributed by atoms with E-state index >= 15 is 0 Å². The summed E-state index contributed by atoms with van der Waals surface area (Å²) in [6.45, 7) is 1.84. The van der Waals surface area contributed by atoms with Crippen molar-refractivity contribution < 1.29 is 9.59 Å². The summed E-state index contributed by atoms with van der Waals surface area (Å²) < 4.78 is 1.70. The third kappa shape index (κ3) is 5.97. The number of nitrogens with one attached hydrogen (secondary N) is 2. The smallest absolute Gasteiger partial charge is 0.268 e. The van der Waals surface area contributed by atoms with Crippen molar-refractivity contribution in [3.05, 3.63) is 18.0 Å². The molecule has 0 aromatic carbocycles. The minimum atomic E-state index is -0.151. The standard InChI is InChI=1S/C14H25N5O2/c1-18(2)8-7-16-14(21)12-9-11(10-19(12)3)17-13(20)5-4-6-15/h9-10H,4-8,15H2,1-3H3,(H,16,21)(H,17,20). The van der Waals surface area contributed by atoms with Crippen molar-refractivity contribution >= 4 is 17.5 Å². The number of aryl methyl sites for hydroxylation is 1. The van der Waals surface area contributed by atoms with Gasteiger partial charge in [-0.25, -0.2) is 0 Å². The van der Waals surface area contributed by atoms with Gasteiger partial charge in [0, 0.05) is 32.8 Å². The quantitative estimate of drug-likeness (QED) is 0.629. The first kappa shape index (κ1) is 17.2. The third-order valence-corrected chi connectivity index (χ3v) is 2.97. The van der Waals surface area contributed by atoms with Gasteiger partial charge in [0.25, 0.3) is 5.91 Å². The van der Waals surface area contributed by atoms with E-state index < -0.39 is 0 Å². The van der Waals surface area contributed by atoms with E-state index in [1.807, 2.05) is 19.0 Å². The van der Waals surface area contributed by atoms with E-state index in [0.717, 1.165) is 6.54 Å². The largest absolute Gasteiger partial charge is 0.349 e. The fourth-order valence-corrected chi connectivity index (χ4v) is 1.83.